The Kier molecular flexibility index (Phi) is 10.0. The van der Waals surface area contributed by atoms with Gasteiger partial charge in [-0.3, -0.25) is 19.3 Å². The van der Waals surface area contributed by atoms with Crippen LogP contribution in [0.15, 0.2) is 150 Å². The van der Waals surface area contributed by atoms with Crippen molar-refractivity contribution < 1.29 is 14.4 Å². The van der Waals surface area contributed by atoms with E-state index in [1.807, 2.05) is 110 Å². The first-order valence-corrected chi connectivity index (χ1v) is 15.1. The molecule has 0 spiro atoms. The molecule has 0 saturated heterocycles. The summed E-state index contributed by atoms with van der Waals surface area (Å²) in [6, 6.07) is 42.8. The van der Waals surface area contributed by atoms with Gasteiger partial charge in [0.15, 0.2) is 0 Å². The average molecular weight is 598 g/mol. The van der Waals surface area contributed by atoms with E-state index in [2.05, 4.69) is 10.6 Å². The quantitative estimate of drug-likeness (QED) is 0.127. The number of carbonyl (C=O) groups excluding carboxylic acids is 3. The van der Waals surface area contributed by atoms with Gasteiger partial charge in [0.1, 0.15) is 5.70 Å². The van der Waals surface area contributed by atoms with Crippen LogP contribution in [-0.2, 0) is 9.59 Å². The van der Waals surface area contributed by atoms with Crippen molar-refractivity contribution in [2.45, 2.75) is 11.8 Å². The van der Waals surface area contributed by atoms with Gasteiger partial charge in [0.05, 0.1) is 5.75 Å². The normalized spacial score (nSPS) is 11.0. The number of nitrogens with zero attached hydrogens (tertiary/aromatic N) is 1. The molecule has 5 aromatic carbocycles. The molecule has 0 aliphatic carbocycles. The van der Waals surface area contributed by atoms with E-state index in [4.69, 9.17) is 0 Å². The molecule has 0 atom stereocenters. The first-order valence-electron chi connectivity index (χ1n) is 14.1. The highest BCUT2D eigenvalue weighted by Gasteiger charge is 2.19. The number of benzene rings is 5. The lowest BCUT2D eigenvalue weighted by molar-refractivity contribution is -0.115. The summed E-state index contributed by atoms with van der Waals surface area (Å²) in [7, 11) is 0. The summed E-state index contributed by atoms with van der Waals surface area (Å²) in [4.78, 5) is 42.3. The molecular weight excluding hydrogens is 566 g/mol. The van der Waals surface area contributed by atoms with E-state index >= 15 is 0 Å². The molecule has 0 heterocycles. The number of hydrogen-bond acceptors (Lipinski definition) is 4. The highest BCUT2D eigenvalue weighted by Crippen LogP contribution is 2.28. The fourth-order valence-corrected chi connectivity index (χ4v) is 5.23. The molecule has 0 aromatic heterocycles. The summed E-state index contributed by atoms with van der Waals surface area (Å²) >= 11 is 1.42. The second-order valence-corrected chi connectivity index (χ2v) is 11.0. The van der Waals surface area contributed by atoms with Crippen LogP contribution in [0, 0.1) is 6.92 Å². The number of thioether (sulfide) groups is 1. The molecule has 5 rings (SSSR count). The van der Waals surface area contributed by atoms with Gasteiger partial charge < -0.3 is 10.6 Å². The van der Waals surface area contributed by atoms with Crippen LogP contribution < -0.4 is 15.5 Å². The number of amides is 3. The van der Waals surface area contributed by atoms with Gasteiger partial charge in [-0.05, 0) is 84.8 Å². The molecule has 0 radical (unpaired) electrons. The van der Waals surface area contributed by atoms with Crippen LogP contribution in [0.2, 0.25) is 0 Å². The molecular formula is C37H31N3O3S. The average Bonchev–Trinajstić information content (AvgIpc) is 3.06. The Morgan fingerprint density at radius 3 is 1.82 bits per heavy atom. The van der Waals surface area contributed by atoms with Crippen LogP contribution in [0.4, 0.5) is 17.1 Å². The third kappa shape index (κ3) is 7.91. The Morgan fingerprint density at radius 2 is 1.23 bits per heavy atom. The first kappa shape index (κ1) is 30.1. The third-order valence-electron chi connectivity index (χ3n) is 6.77. The Balaban J connectivity index is 1.27. The van der Waals surface area contributed by atoms with E-state index in [1.165, 1.54) is 11.8 Å². The summed E-state index contributed by atoms with van der Waals surface area (Å²) in [6.45, 7) is 1.94. The molecule has 3 amide bonds. The summed E-state index contributed by atoms with van der Waals surface area (Å²) in [5.41, 5.74) is 4.53. The summed E-state index contributed by atoms with van der Waals surface area (Å²) in [5, 5.41) is 5.66. The van der Waals surface area contributed by atoms with Gasteiger partial charge in [0.2, 0.25) is 5.91 Å². The zero-order valence-corrected chi connectivity index (χ0v) is 25.0. The highest BCUT2D eigenvalue weighted by molar-refractivity contribution is 8.00. The maximum atomic E-state index is 13.4. The molecule has 7 heteroatoms. The van der Waals surface area contributed by atoms with E-state index in [0.29, 0.717) is 11.3 Å². The monoisotopic (exact) mass is 597 g/mol. The predicted octanol–water partition coefficient (Wildman–Crippen LogP) is 7.86. The van der Waals surface area contributed by atoms with Crippen LogP contribution in [-0.4, -0.2) is 23.5 Å². The van der Waals surface area contributed by atoms with Crippen LogP contribution in [0.1, 0.15) is 21.5 Å². The second-order valence-electron chi connectivity index (χ2n) is 9.90. The number of anilines is 3. The van der Waals surface area contributed by atoms with Crippen molar-refractivity contribution in [3.63, 3.8) is 0 Å². The van der Waals surface area contributed by atoms with Crippen molar-refractivity contribution in [3.8, 4) is 0 Å². The van der Waals surface area contributed by atoms with Crippen LogP contribution >= 0.6 is 11.8 Å². The number of nitrogens with one attached hydrogen (secondary N) is 2. The maximum Gasteiger partial charge on any atom is 0.272 e. The van der Waals surface area contributed by atoms with Gasteiger partial charge in [0.25, 0.3) is 11.8 Å². The van der Waals surface area contributed by atoms with Crippen molar-refractivity contribution in [2.75, 3.05) is 16.0 Å². The van der Waals surface area contributed by atoms with Crippen molar-refractivity contribution in [1.82, 2.24) is 5.32 Å². The summed E-state index contributed by atoms with van der Waals surface area (Å²) < 4.78 is 0. The molecule has 0 unspecified atom stereocenters. The minimum Gasteiger partial charge on any atom is -0.321 e. The second kappa shape index (κ2) is 14.7. The van der Waals surface area contributed by atoms with Gasteiger partial charge in [0, 0.05) is 27.5 Å². The van der Waals surface area contributed by atoms with Gasteiger partial charge in [-0.15, -0.1) is 11.8 Å². The topological polar surface area (TPSA) is 78.5 Å². The van der Waals surface area contributed by atoms with Gasteiger partial charge in [-0.2, -0.15) is 0 Å². The van der Waals surface area contributed by atoms with Gasteiger partial charge >= 0.3 is 0 Å². The zero-order chi connectivity index (χ0) is 30.7. The van der Waals surface area contributed by atoms with E-state index in [1.54, 1.807) is 47.4 Å². The fourth-order valence-electron chi connectivity index (χ4n) is 4.48. The summed E-state index contributed by atoms with van der Waals surface area (Å²) in [5.74, 6) is -0.652. The van der Waals surface area contributed by atoms with E-state index in [9.17, 15) is 14.4 Å². The third-order valence-corrected chi connectivity index (χ3v) is 7.77. The predicted molar refractivity (Wildman–Crippen MR) is 179 cm³/mol. The molecule has 0 aliphatic heterocycles. The van der Waals surface area contributed by atoms with Crippen molar-refractivity contribution in [3.05, 3.63) is 162 Å². The molecule has 0 saturated carbocycles. The molecule has 218 valence electrons. The fraction of sp³-hybridized carbons (Fsp3) is 0.0541. The van der Waals surface area contributed by atoms with Crippen LogP contribution in [0.3, 0.4) is 0 Å². The number of carbonyl (C=O) groups is 3. The lowest BCUT2D eigenvalue weighted by Crippen LogP contribution is -2.30. The molecule has 0 aliphatic rings. The Bertz CT molecular complexity index is 1720. The van der Waals surface area contributed by atoms with Gasteiger partial charge in [-0.25, -0.2) is 0 Å². The van der Waals surface area contributed by atoms with Crippen molar-refractivity contribution >= 4 is 52.6 Å². The Labute approximate surface area is 261 Å². The lowest BCUT2D eigenvalue weighted by Gasteiger charge is -2.23. The zero-order valence-electron chi connectivity index (χ0n) is 24.1. The maximum absolute atomic E-state index is 13.4. The largest absolute Gasteiger partial charge is 0.321 e. The standard InChI is InChI=1S/C37H31N3O3S/c1-27-13-11-12-16-29(27)25-34(39-36(42)28-14-5-2-6-15-28)37(43)38-30-21-23-33(24-22-30)44-26-35(41)40(31-17-7-3-8-18-31)32-19-9-4-10-20-32/h2-25H,26H2,1H3,(H,38,43)(H,39,42)/b34-25-. The van der Waals surface area contributed by atoms with E-state index in [0.717, 1.165) is 27.4 Å². The molecule has 0 fully saturated rings. The van der Waals surface area contributed by atoms with Crippen LogP contribution in [0.25, 0.3) is 6.08 Å². The number of hydrogen-bond donors (Lipinski definition) is 2. The van der Waals surface area contributed by atoms with Crippen molar-refractivity contribution in [2.24, 2.45) is 0 Å². The highest BCUT2D eigenvalue weighted by atomic mass is 32.2. The molecule has 2 N–H and O–H groups in total. The molecule has 0 bridgehead atoms. The molecule has 6 nitrogen and oxygen atoms in total. The minimum atomic E-state index is -0.450. The van der Waals surface area contributed by atoms with Crippen LogP contribution in [0.5, 0.6) is 0 Å². The van der Waals surface area contributed by atoms with Gasteiger partial charge in [-0.1, -0.05) is 78.9 Å². The number of para-hydroxylation sites is 2. The molecule has 44 heavy (non-hydrogen) atoms. The minimum absolute atomic E-state index is 0.0510. The first-order chi connectivity index (χ1) is 21.5. The molecule has 5 aromatic rings. The smallest absolute Gasteiger partial charge is 0.272 e. The Morgan fingerprint density at radius 1 is 0.682 bits per heavy atom. The van der Waals surface area contributed by atoms with E-state index in [-0.39, 0.29) is 23.3 Å². The Hall–Kier alpha value is -5.40. The summed E-state index contributed by atoms with van der Waals surface area (Å²) in [6.07, 6.45) is 1.67. The lowest BCUT2D eigenvalue weighted by atomic mass is 10.1. The van der Waals surface area contributed by atoms with Crippen molar-refractivity contribution in [1.29, 1.82) is 0 Å². The SMILES string of the molecule is Cc1ccccc1/C=C(\NC(=O)c1ccccc1)C(=O)Nc1ccc(SCC(=O)N(c2ccccc2)c2ccccc2)cc1. The van der Waals surface area contributed by atoms with E-state index < -0.39 is 5.91 Å². The number of aryl methyl sites for hydroxylation is 1. The number of rotatable bonds is 10.